The Bertz CT molecular complexity index is 942. The molecule has 0 spiro atoms. The number of hydrogen-bond donors (Lipinski definition) is 1. The molecule has 1 N–H and O–H groups in total. The Morgan fingerprint density at radius 3 is 2.26 bits per heavy atom. The first-order valence-corrected chi connectivity index (χ1v) is 10.2. The van der Waals surface area contributed by atoms with Crippen LogP contribution < -0.4 is 5.32 Å². The first kappa shape index (κ1) is 19.7. The SMILES string of the molecule is Cc1ccc(S(=O)(=O)N2CCN(C(=S)Nc3ccc(F)cc3F)CC2)cc1. The summed E-state index contributed by atoms with van der Waals surface area (Å²) < 4.78 is 53.6. The molecule has 1 aliphatic rings. The summed E-state index contributed by atoms with van der Waals surface area (Å²) in [6.07, 6.45) is 0. The van der Waals surface area contributed by atoms with Gasteiger partial charge in [-0.2, -0.15) is 4.31 Å². The number of piperazine rings is 1. The van der Waals surface area contributed by atoms with Gasteiger partial charge in [-0.05, 0) is 43.4 Å². The molecule has 0 bridgehead atoms. The van der Waals surface area contributed by atoms with E-state index < -0.39 is 21.7 Å². The largest absolute Gasteiger partial charge is 0.346 e. The van der Waals surface area contributed by atoms with Gasteiger partial charge in [-0.1, -0.05) is 17.7 Å². The average Bonchev–Trinajstić information content (AvgIpc) is 2.64. The number of nitrogens with one attached hydrogen (secondary N) is 1. The van der Waals surface area contributed by atoms with E-state index in [4.69, 9.17) is 12.2 Å². The normalized spacial score (nSPS) is 15.6. The van der Waals surface area contributed by atoms with Gasteiger partial charge in [0, 0.05) is 32.2 Å². The number of aryl methyl sites for hydroxylation is 1. The lowest BCUT2D eigenvalue weighted by atomic mass is 10.2. The smallest absolute Gasteiger partial charge is 0.243 e. The number of rotatable bonds is 3. The molecule has 0 radical (unpaired) electrons. The van der Waals surface area contributed by atoms with Gasteiger partial charge < -0.3 is 10.2 Å². The van der Waals surface area contributed by atoms with E-state index in [2.05, 4.69) is 5.32 Å². The van der Waals surface area contributed by atoms with Crippen molar-refractivity contribution in [3.05, 3.63) is 59.7 Å². The van der Waals surface area contributed by atoms with Crippen LogP contribution in [0.3, 0.4) is 0 Å². The molecule has 1 aliphatic heterocycles. The van der Waals surface area contributed by atoms with Crippen LogP contribution in [-0.4, -0.2) is 48.9 Å². The summed E-state index contributed by atoms with van der Waals surface area (Å²) >= 11 is 5.27. The number of sulfonamides is 1. The van der Waals surface area contributed by atoms with Crippen LogP contribution in [0.4, 0.5) is 14.5 Å². The summed E-state index contributed by atoms with van der Waals surface area (Å²) in [5.74, 6) is -1.41. The van der Waals surface area contributed by atoms with Crippen LogP contribution >= 0.6 is 12.2 Å². The maximum absolute atomic E-state index is 13.7. The topological polar surface area (TPSA) is 52.7 Å². The lowest BCUT2D eigenvalue weighted by molar-refractivity contribution is 0.268. The van der Waals surface area contributed by atoms with Gasteiger partial charge in [-0.25, -0.2) is 17.2 Å². The first-order chi connectivity index (χ1) is 12.8. The maximum atomic E-state index is 13.7. The molecule has 2 aromatic carbocycles. The highest BCUT2D eigenvalue weighted by atomic mass is 32.2. The lowest BCUT2D eigenvalue weighted by Gasteiger charge is -2.35. The molecular weight excluding hydrogens is 392 g/mol. The minimum atomic E-state index is -3.56. The van der Waals surface area contributed by atoms with Gasteiger partial charge in [0.05, 0.1) is 10.6 Å². The van der Waals surface area contributed by atoms with Crippen LogP contribution in [0.25, 0.3) is 0 Å². The molecule has 0 unspecified atom stereocenters. The molecule has 1 saturated heterocycles. The monoisotopic (exact) mass is 411 g/mol. The van der Waals surface area contributed by atoms with Gasteiger partial charge in [-0.15, -0.1) is 0 Å². The second kappa shape index (κ2) is 7.87. The van der Waals surface area contributed by atoms with Gasteiger partial charge in [0.1, 0.15) is 11.6 Å². The predicted octanol–water partition coefficient (Wildman–Crippen LogP) is 2.98. The minimum Gasteiger partial charge on any atom is -0.346 e. The number of anilines is 1. The van der Waals surface area contributed by atoms with Crippen molar-refractivity contribution in [2.45, 2.75) is 11.8 Å². The Labute approximate surface area is 162 Å². The highest BCUT2D eigenvalue weighted by Gasteiger charge is 2.29. The fourth-order valence-electron chi connectivity index (χ4n) is 2.78. The van der Waals surface area contributed by atoms with Crippen molar-refractivity contribution in [1.29, 1.82) is 0 Å². The van der Waals surface area contributed by atoms with Crippen molar-refractivity contribution in [2.75, 3.05) is 31.5 Å². The second-order valence-electron chi connectivity index (χ2n) is 6.26. The lowest BCUT2D eigenvalue weighted by Crippen LogP contribution is -2.51. The third-order valence-electron chi connectivity index (χ3n) is 4.36. The summed E-state index contributed by atoms with van der Waals surface area (Å²) in [5, 5.41) is 3.02. The van der Waals surface area contributed by atoms with E-state index in [1.165, 1.54) is 10.4 Å². The van der Waals surface area contributed by atoms with Crippen molar-refractivity contribution in [3.8, 4) is 0 Å². The summed E-state index contributed by atoms with van der Waals surface area (Å²) in [6.45, 7) is 3.18. The molecule has 0 amide bonds. The van der Waals surface area contributed by atoms with E-state index in [9.17, 15) is 17.2 Å². The number of benzene rings is 2. The number of thiocarbonyl (C=S) groups is 1. The summed E-state index contributed by atoms with van der Waals surface area (Å²) in [7, 11) is -3.56. The predicted molar refractivity (Wildman–Crippen MR) is 104 cm³/mol. The van der Waals surface area contributed by atoms with Gasteiger partial charge in [0.2, 0.25) is 10.0 Å². The molecule has 0 saturated carbocycles. The number of hydrogen-bond acceptors (Lipinski definition) is 3. The van der Waals surface area contributed by atoms with Crippen molar-refractivity contribution < 1.29 is 17.2 Å². The van der Waals surface area contributed by atoms with Crippen LogP contribution in [0.5, 0.6) is 0 Å². The minimum absolute atomic E-state index is 0.0797. The second-order valence-corrected chi connectivity index (χ2v) is 8.58. The molecule has 1 heterocycles. The zero-order valence-electron chi connectivity index (χ0n) is 14.7. The third-order valence-corrected chi connectivity index (χ3v) is 6.63. The van der Waals surface area contributed by atoms with Gasteiger partial charge >= 0.3 is 0 Å². The van der Waals surface area contributed by atoms with E-state index in [1.807, 2.05) is 6.92 Å². The van der Waals surface area contributed by atoms with Gasteiger partial charge in [-0.3, -0.25) is 0 Å². The fraction of sp³-hybridized carbons (Fsp3) is 0.278. The van der Waals surface area contributed by atoms with Crippen molar-refractivity contribution in [1.82, 2.24) is 9.21 Å². The highest BCUT2D eigenvalue weighted by molar-refractivity contribution is 7.89. The Morgan fingerprint density at radius 2 is 1.67 bits per heavy atom. The maximum Gasteiger partial charge on any atom is 0.243 e. The molecule has 0 aromatic heterocycles. The Balaban J connectivity index is 1.62. The molecule has 0 aliphatic carbocycles. The Morgan fingerprint density at radius 1 is 1.04 bits per heavy atom. The van der Waals surface area contributed by atoms with Gasteiger partial charge in [0.25, 0.3) is 0 Å². The molecule has 5 nitrogen and oxygen atoms in total. The molecule has 27 heavy (non-hydrogen) atoms. The number of nitrogens with zero attached hydrogens (tertiary/aromatic N) is 2. The Kier molecular flexibility index (Phi) is 5.73. The van der Waals surface area contributed by atoms with Gasteiger partial charge in [0.15, 0.2) is 5.11 Å². The molecule has 1 fully saturated rings. The van der Waals surface area contributed by atoms with Crippen LogP contribution in [-0.2, 0) is 10.0 Å². The zero-order chi connectivity index (χ0) is 19.6. The molecule has 144 valence electrons. The number of halogens is 2. The van der Waals surface area contributed by atoms with Crippen LogP contribution in [0.1, 0.15) is 5.56 Å². The Hall–Kier alpha value is -2.10. The van der Waals surface area contributed by atoms with Crippen LogP contribution in [0, 0.1) is 18.6 Å². The average molecular weight is 411 g/mol. The molecule has 9 heteroatoms. The van der Waals surface area contributed by atoms with Crippen molar-refractivity contribution in [2.24, 2.45) is 0 Å². The molecule has 2 aromatic rings. The van der Waals surface area contributed by atoms with E-state index in [0.29, 0.717) is 13.1 Å². The molecule has 0 atom stereocenters. The van der Waals surface area contributed by atoms with E-state index in [1.54, 1.807) is 29.2 Å². The summed E-state index contributed by atoms with van der Waals surface area (Å²) in [4.78, 5) is 2.02. The summed E-state index contributed by atoms with van der Waals surface area (Å²) in [6, 6.07) is 9.91. The quantitative estimate of drug-likeness (QED) is 0.787. The molecular formula is C18H19F2N3O2S2. The van der Waals surface area contributed by atoms with E-state index in [0.717, 1.165) is 17.7 Å². The fourth-order valence-corrected chi connectivity index (χ4v) is 4.49. The van der Waals surface area contributed by atoms with E-state index >= 15 is 0 Å². The van der Waals surface area contributed by atoms with Crippen LogP contribution in [0.2, 0.25) is 0 Å². The zero-order valence-corrected chi connectivity index (χ0v) is 16.3. The summed E-state index contributed by atoms with van der Waals surface area (Å²) in [5.41, 5.74) is 1.07. The van der Waals surface area contributed by atoms with Crippen molar-refractivity contribution >= 4 is 33.0 Å². The highest BCUT2D eigenvalue weighted by Crippen LogP contribution is 2.20. The standard InChI is InChI=1S/C18H19F2N3O2S2/c1-13-2-5-15(6-3-13)27(24,25)23-10-8-22(9-11-23)18(26)21-17-7-4-14(19)12-16(17)20/h2-7,12H,8-11H2,1H3,(H,21,26). The molecule has 3 rings (SSSR count). The van der Waals surface area contributed by atoms with Crippen LogP contribution in [0.15, 0.2) is 47.4 Å². The van der Waals surface area contributed by atoms with E-state index in [-0.39, 0.29) is 28.8 Å². The first-order valence-electron chi connectivity index (χ1n) is 8.35. The van der Waals surface area contributed by atoms with Crippen molar-refractivity contribution in [3.63, 3.8) is 0 Å². The third kappa shape index (κ3) is 4.42.